The van der Waals surface area contributed by atoms with Gasteiger partial charge in [0.05, 0.1) is 41.2 Å². The molecule has 3 aromatic heterocycles. The van der Waals surface area contributed by atoms with Crippen LogP contribution in [0.1, 0.15) is 68.4 Å². The van der Waals surface area contributed by atoms with Crippen molar-refractivity contribution in [3.8, 4) is 22.6 Å². The van der Waals surface area contributed by atoms with Gasteiger partial charge in [-0.05, 0) is 101 Å². The van der Waals surface area contributed by atoms with Gasteiger partial charge in [-0.1, -0.05) is 29.3 Å². The standard InChI is InChI=1S/C40H41Cl2N5O5/c1-20-16-25(17-21(2)35(20)42)52-15-9-10-26-27-11-12-29(41)34(33-23(4)43-45(7)24(33)5)37(27)47-22(3)19-46(39(48)38(26)47)30-13-14-32(51-8)28-18-31(40(49)50)44(6)36(28)30/h11-14,16-18,22H,9-10,15,19H2,1-8H3,(H,49,50)/t22-/m1/s1. The zero-order valence-electron chi connectivity index (χ0n) is 30.5. The SMILES string of the molecule is COc1ccc(N2C[C@@H](C)n3c(c(CCCOc4cc(C)c(Cl)c(C)c4)c4ccc(Cl)c(-c5c(C)nn(C)c5C)c43)C2=O)c2c1cc(C(=O)O)n2C. The summed E-state index contributed by atoms with van der Waals surface area (Å²) in [4.78, 5) is 29.1. The van der Waals surface area contributed by atoms with Crippen LogP contribution in [-0.2, 0) is 20.5 Å². The zero-order valence-corrected chi connectivity index (χ0v) is 32.0. The van der Waals surface area contributed by atoms with Crippen LogP contribution >= 0.6 is 23.2 Å². The van der Waals surface area contributed by atoms with Crippen molar-refractivity contribution in [3.05, 3.63) is 92.0 Å². The van der Waals surface area contributed by atoms with Gasteiger partial charge < -0.3 is 28.6 Å². The van der Waals surface area contributed by atoms with Crippen LogP contribution in [0.4, 0.5) is 5.69 Å². The quantitative estimate of drug-likeness (QED) is 0.148. The molecule has 6 aromatic rings. The van der Waals surface area contributed by atoms with Crippen molar-refractivity contribution in [1.29, 1.82) is 0 Å². The molecule has 0 fully saturated rings. The Kier molecular flexibility index (Phi) is 9.03. The van der Waals surface area contributed by atoms with Crippen LogP contribution < -0.4 is 14.4 Å². The third-order valence-electron chi connectivity index (χ3n) is 10.4. The molecule has 1 aliphatic heterocycles. The molecule has 0 saturated carbocycles. The Balaban J connectivity index is 1.40. The predicted molar refractivity (Wildman–Crippen MR) is 206 cm³/mol. The number of methoxy groups -OCH3 is 1. The summed E-state index contributed by atoms with van der Waals surface area (Å²) in [5.74, 6) is 0.0357. The maximum Gasteiger partial charge on any atom is 0.352 e. The molecule has 270 valence electrons. The van der Waals surface area contributed by atoms with Gasteiger partial charge in [-0.15, -0.1) is 0 Å². The van der Waals surface area contributed by atoms with Gasteiger partial charge in [0, 0.05) is 59.3 Å². The Bertz CT molecular complexity index is 2430. The number of carbonyl (C=O) groups excluding carboxylic acids is 1. The molecule has 12 heteroatoms. The van der Waals surface area contributed by atoms with Gasteiger partial charge in [0.1, 0.15) is 22.9 Å². The van der Waals surface area contributed by atoms with E-state index in [4.69, 9.17) is 37.8 Å². The van der Waals surface area contributed by atoms with Crippen molar-refractivity contribution in [2.45, 2.75) is 53.5 Å². The third-order valence-corrected chi connectivity index (χ3v) is 11.3. The van der Waals surface area contributed by atoms with E-state index in [1.54, 1.807) is 35.8 Å². The van der Waals surface area contributed by atoms with Gasteiger partial charge in [-0.25, -0.2) is 4.79 Å². The maximum atomic E-state index is 15.1. The number of halogens is 2. The third kappa shape index (κ3) is 5.51. The number of rotatable bonds is 9. The molecule has 0 saturated heterocycles. The minimum Gasteiger partial charge on any atom is -0.496 e. The van der Waals surface area contributed by atoms with Gasteiger partial charge in [0.2, 0.25) is 0 Å². The van der Waals surface area contributed by atoms with E-state index in [0.29, 0.717) is 59.0 Å². The Hall–Kier alpha value is -4.93. The van der Waals surface area contributed by atoms with E-state index in [1.165, 1.54) is 0 Å². The second kappa shape index (κ2) is 13.2. The van der Waals surface area contributed by atoms with Crippen molar-refractivity contribution in [1.82, 2.24) is 18.9 Å². The lowest BCUT2D eigenvalue weighted by Crippen LogP contribution is -2.43. The van der Waals surface area contributed by atoms with Crippen molar-refractivity contribution in [3.63, 3.8) is 0 Å². The monoisotopic (exact) mass is 741 g/mol. The number of hydrogen-bond donors (Lipinski definition) is 1. The smallest absolute Gasteiger partial charge is 0.352 e. The molecule has 7 rings (SSSR count). The highest BCUT2D eigenvalue weighted by molar-refractivity contribution is 6.35. The molecule has 3 aromatic carbocycles. The van der Waals surface area contributed by atoms with Crippen LogP contribution in [0.2, 0.25) is 10.0 Å². The molecule has 0 aliphatic carbocycles. The molecule has 4 heterocycles. The molecule has 0 bridgehead atoms. The molecule has 1 aliphatic rings. The van der Waals surface area contributed by atoms with Crippen LogP contribution in [-0.4, -0.2) is 56.2 Å². The van der Waals surface area contributed by atoms with Crippen molar-refractivity contribution in [2.75, 3.05) is 25.2 Å². The van der Waals surface area contributed by atoms with E-state index < -0.39 is 5.97 Å². The van der Waals surface area contributed by atoms with E-state index in [2.05, 4.69) is 11.5 Å². The molecule has 1 amide bonds. The van der Waals surface area contributed by atoms with Gasteiger partial charge in [0.25, 0.3) is 5.91 Å². The van der Waals surface area contributed by atoms with E-state index in [1.807, 2.05) is 69.8 Å². The summed E-state index contributed by atoms with van der Waals surface area (Å²) in [6, 6.07) is 12.9. The van der Waals surface area contributed by atoms with Crippen LogP contribution in [0.3, 0.4) is 0 Å². The second-order valence-corrected chi connectivity index (χ2v) is 14.5. The first-order valence-electron chi connectivity index (χ1n) is 17.2. The highest BCUT2D eigenvalue weighted by Gasteiger charge is 2.38. The van der Waals surface area contributed by atoms with Crippen LogP contribution in [0.25, 0.3) is 32.9 Å². The second-order valence-electron chi connectivity index (χ2n) is 13.7. The number of nitrogens with zero attached hydrogens (tertiary/aromatic N) is 5. The minimum absolute atomic E-state index is 0.0978. The Morgan fingerprint density at radius 1 is 0.981 bits per heavy atom. The number of carbonyl (C=O) groups is 2. The fourth-order valence-electron chi connectivity index (χ4n) is 7.96. The highest BCUT2D eigenvalue weighted by atomic mass is 35.5. The molecule has 0 spiro atoms. The number of carboxylic acid groups (broad SMARTS) is 1. The van der Waals surface area contributed by atoms with Gasteiger partial charge in [-0.2, -0.15) is 5.10 Å². The van der Waals surface area contributed by atoms with Gasteiger partial charge in [-0.3, -0.25) is 9.48 Å². The summed E-state index contributed by atoms with van der Waals surface area (Å²) >= 11 is 13.5. The molecule has 0 unspecified atom stereocenters. The maximum absolute atomic E-state index is 15.1. The molecule has 10 nitrogen and oxygen atoms in total. The molecule has 1 N–H and O–H groups in total. The first-order chi connectivity index (χ1) is 24.7. The highest BCUT2D eigenvalue weighted by Crippen LogP contribution is 2.46. The largest absolute Gasteiger partial charge is 0.496 e. The summed E-state index contributed by atoms with van der Waals surface area (Å²) in [6.07, 6.45) is 1.21. The number of carboxylic acids is 1. The molecule has 0 radical (unpaired) electrons. The van der Waals surface area contributed by atoms with Crippen LogP contribution in [0.5, 0.6) is 11.5 Å². The summed E-state index contributed by atoms with van der Waals surface area (Å²) in [5, 5.41) is 17.6. The lowest BCUT2D eigenvalue weighted by atomic mass is 9.98. The topological polar surface area (TPSA) is 104 Å². The summed E-state index contributed by atoms with van der Waals surface area (Å²) in [6.45, 7) is 10.8. The van der Waals surface area contributed by atoms with E-state index in [9.17, 15) is 9.90 Å². The predicted octanol–water partition coefficient (Wildman–Crippen LogP) is 9.01. The summed E-state index contributed by atoms with van der Waals surface area (Å²) < 4.78 is 17.5. The van der Waals surface area contributed by atoms with Crippen LogP contribution in [0.15, 0.2) is 42.5 Å². The van der Waals surface area contributed by atoms with Crippen LogP contribution in [0, 0.1) is 27.7 Å². The van der Waals surface area contributed by atoms with Crippen molar-refractivity contribution < 1.29 is 24.2 Å². The molecule has 52 heavy (non-hydrogen) atoms. The summed E-state index contributed by atoms with van der Waals surface area (Å²) in [7, 11) is 5.17. The Labute approximate surface area is 312 Å². The van der Waals surface area contributed by atoms with E-state index in [0.717, 1.165) is 60.9 Å². The number of amides is 1. The first-order valence-corrected chi connectivity index (χ1v) is 18.0. The average Bonchev–Trinajstić information content (AvgIpc) is 3.71. The molecular weight excluding hydrogens is 701 g/mol. The van der Waals surface area contributed by atoms with E-state index >= 15 is 4.79 Å². The zero-order chi connectivity index (χ0) is 37.3. The number of aryl methyl sites for hydroxylation is 6. The number of hydrogen-bond acceptors (Lipinski definition) is 5. The van der Waals surface area contributed by atoms with Crippen molar-refractivity contribution in [2.24, 2.45) is 14.1 Å². The Morgan fingerprint density at radius 2 is 1.69 bits per heavy atom. The van der Waals surface area contributed by atoms with Crippen molar-refractivity contribution >= 4 is 62.6 Å². The van der Waals surface area contributed by atoms with E-state index in [-0.39, 0.29) is 17.6 Å². The number of anilines is 1. The fraction of sp³-hybridized carbons (Fsp3) is 0.325. The van der Waals surface area contributed by atoms with Gasteiger partial charge in [0.15, 0.2) is 0 Å². The minimum atomic E-state index is -1.07. The normalized spacial score (nSPS) is 14.5. The first kappa shape index (κ1) is 35.5. The number of benzene rings is 3. The molecular formula is C40H41Cl2N5O5. The summed E-state index contributed by atoms with van der Waals surface area (Å²) in [5.41, 5.74) is 9.23. The fourth-order valence-corrected chi connectivity index (χ4v) is 8.32. The molecule has 1 atom stereocenters. The lowest BCUT2D eigenvalue weighted by molar-refractivity contribution is 0.0687. The number of ether oxygens (including phenoxy) is 2. The number of aromatic carboxylic acids is 1. The average molecular weight is 743 g/mol. The Morgan fingerprint density at radius 3 is 2.33 bits per heavy atom. The lowest BCUT2D eigenvalue weighted by Gasteiger charge is -2.35. The number of aromatic nitrogens is 4. The van der Waals surface area contributed by atoms with Gasteiger partial charge >= 0.3 is 5.97 Å². The number of fused-ring (bicyclic) bond motifs is 4.